The fraction of sp³-hybridized carbons (Fsp3) is 0.0588. The molecule has 0 spiro atoms. The highest BCUT2D eigenvalue weighted by Crippen LogP contribution is 2.26. The molecule has 0 saturated heterocycles. The number of aliphatic carboxylic acids is 1. The van der Waals surface area contributed by atoms with Crippen molar-refractivity contribution in [3.05, 3.63) is 66.9 Å². The average Bonchev–Trinajstić information content (AvgIpc) is 2.56. The Kier molecular flexibility index (Phi) is 3.87. The SMILES string of the molecule is O=C(O)Cc1cc(-c2cccnc2)ncc1-c1cccnc1. The third-order valence-corrected chi connectivity index (χ3v) is 3.26. The minimum Gasteiger partial charge on any atom is -0.481 e. The maximum absolute atomic E-state index is 11.2. The Balaban J connectivity index is 2.10. The minimum atomic E-state index is -0.881. The number of hydrogen-bond donors (Lipinski definition) is 1. The molecule has 0 unspecified atom stereocenters. The molecule has 0 fully saturated rings. The molecule has 0 aliphatic rings. The first kappa shape index (κ1) is 13.9. The molecule has 3 heterocycles. The third kappa shape index (κ3) is 2.98. The zero-order valence-electron chi connectivity index (χ0n) is 11.7. The van der Waals surface area contributed by atoms with Gasteiger partial charge in [-0.05, 0) is 29.8 Å². The summed E-state index contributed by atoms with van der Waals surface area (Å²) in [6.45, 7) is 0. The van der Waals surface area contributed by atoms with Crippen LogP contribution in [0.2, 0.25) is 0 Å². The summed E-state index contributed by atoms with van der Waals surface area (Å²) in [4.78, 5) is 23.7. The maximum Gasteiger partial charge on any atom is 0.307 e. The Labute approximate surface area is 127 Å². The molecule has 0 aliphatic heterocycles. The molecule has 5 heteroatoms. The van der Waals surface area contributed by atoms with Crippen molar-refractivity contribution in [3.63, 3.8) is 0 Å². The highest BCUT2D eigenvalue weighted by atomic mass is 16.4. The van der Waals surface area contributed by atoms with E-state index in [9.17, 15) is 4.79 Å². The second kappa shape index (κ2) is 6.13. The van der Waals surface area contributed by atoms with Crippen LogP contribution in [0.15, 0.2) is 61.3 Å². The quantitative estimate of drug-likeness (QED) is 0.800. The smallest absolute Gasteiger partial charge is 0.307 e. The van der Waals surface area contributed by atoms with Gasteiger partial charge in [0.25, 0.3) is 0 Å². The van der Waals surface area contributed by atoms with E-state index in [0.29, 0.717) is 11.3 Å². The lowest BCUT2D eigenvalue weighted by Gasteiger charge is -2.10. The Hall–Kier alpha value is -3.08. The van der Waals surface area contributed by atoms with Gasteiger partial charge in [-0.2, -0.15) is 0 Å². The summed E-state index contributed by atoms with van der Waals surface area (Å²) < 4.78 is 0. The summed E-state index contributed by atoms with van der Waals surface area (Å²) in [5.41, 5.74) is 3.89. The van der Waals surface area contributed by atoms with Crippen molar-refractivity contribution in [1.29, 1.82) is 0 Å². The van der Waals surface area contributed by atoms with Gasteiger partial charge in [0.05, 0.1) is 12.1 Å². The Morgan fingerprint density at radius 3 is 2.27 bits per heavy atom. The van der Waals surface area contributed by atoms with Gasteiger partial charge in [0, 0.05) is 47.7 Å². The van der Waals surface area contributed by atoms with Gasteiger partial charge in [0.1, 0.15) is 0 Å². The largest absolute Gasteiger partial charge is 0.481 e. The molecule has 0 amide bonds. The summed E-state index contributed by atoms with van der Waals surface area (Å²) in [5.74, 6) is -0.881. The first-order valence-electron chi connectivity index (χ1n) is 6.75. The van der Waals surface area contributed by atoms with Crippen molar-refractivity contribution in [3.8, 4) is 22.4 Å². The van der Waals surface area contributed by atoms with E-state index in [1.54, 1.807) is 37.1 Å². The van der Waals surface area contributed by atoms with E-state index in [1.165, 1.54) is 0 Å². The molecule has 1 N–H and O–H groups in total. The lowest BCUT2D eigenvalue weighted by molar-refractivity contribution is -0.136. The van der Waals surface area contributed by atoms with Gasteiger partial charge in [0.15, 0.2) is 0 Å². The molecule has 0 aliphatic carbocycles. The van der Waals surface area contributed by atoms with Crippen LogP contribution in [-0.2, 0) is 11.2 Å². The summed E-state index contributed by atoms with van der Waals surface area (Å²) in [6, 6.07) is 9.22. The first-order chi connectivity index (χ1) is 10.7. The second-order valence-corrected chi connectivity index (χ2v) is 4.78. The predicted molar refractivity (Wildman–Crippen MR) is 82.0 cm³/mol. The number of hydrogen-bond acceptors (Lipinski definition) is 4. The summed E-state index contributed by atoms with van der Waals surface area (Å²) >= 11 is 0. The molecule has 0 bridgehead atoms. The molecule has 0 atom stereocenters. The lowest BCUT2D eigenvalue weighted by atomic mass is 9.99. The molecule has 22 heavy (non-hydrogen) atoms. The van der Waals surface area contributed by atoms with Crippen LogP contribution < -0.4 is 0 Å². The third-order valence-electron chi connectivity index (χ3n) is 3.26. The number of carboxylic acid groups (broad SMARTS) is 1. The molecule has 0 saturated carbocycles. The second-order valence-electron chi connectivity index (χ2n) is 4.78. The number of carbonyl (C=O) groups is 1. The maximum atomic E-state index is 11.2. The molecule has 3 rings (SSSR count). The van der Waals surface area contributed by atoms with Crippen LogP contribution in [0.3, 0.4) is 0 Å². The molecule has 0 radical (unpaired) electrons. The summed E-state index contributed by atoms with van der Waals surface area (Å²) in [6.07, 6.45) is 8.39. The van der Waals surface area contributed by atoms with Crippen LogP contribution in [0.1, 0.15) is 5.56 Å². The van der Waals surface area contributed by atoms with E-state index < -0.39 is 5.97 Å². The monoisotopic (exact) mass is 291 g/mol. The van der Waals surface area contributed by atoms with Crippen LogP contribution in [0.5, 0.6) is 0 Å². The topological polar surface area (TPSA) is 76.0 Å². The normalized spacial score (nSPS) is 10.4. The molecular weight excluding hydrogens is 278 g/mol. The van der Waals surface area contributed by atoms with Crippen LogP contribution in [0.4, 0.5) is 0 Å². The van der Waals surface area contributed by atoms with Crippen LogP contribution in [-0.4, -0.2) is 26.0 Å². The minimum absolute atomic E-state index is 0.0694. The zero-order valence-corrected chi connectivity index (χ0v) is 11.7. The summed E-state index contributed by atoms with van der Waals surface area (Å²) in [7, 11) is 0. The van der Waals surface area contributed by atoms with Crippen LogP contribution in [0.25, 0.3) is 22.4 Å². The number of carboxylic acids is 1. The predicted octanol–water partition coefficient (Wildman–Crippen LogP) is 2.83. The van der Waals surface area contributed by atoms with Crippen LogP contribution in [0, 0.1) is 0 Å². The molecule has 0 aromatic carbocycles. The van der Waals surface area contributed by atoms with Gasteiger partial charge in [-0.25, -0.2) is 0 Å². The Morgan fingerprint density at radius 2 is 1.68 bits per heavy atom. The van der Waals surface area contributed by atoms with E-state index in [-0.39, 0.29) is 6.42 Å². The standard InChI is InChI=1S/C17H13N3O2/c21-17(22)8-14-7-16(13-4-2-6-19-10-13)20-11-15(14)12-3-1-5-18-9-12/h1-7,9-11H,8H2,(H,21,22). The zero-order chi connectivity index (χ0) is 15.4. The van der Waals surface area contributed by atoms with Crippen molar-refractivity contribution in [2.24, 2.45) is 0 Å². The van der Waals surface area contributed by atoms with E-state index in [2.05, 4.69) is 15.0 Å². The van der Waals surface area contributed by atoms with Crippen molar-refractivity contribution in [2.45, 2.75) is 6.42 Å². The van der Waals surface area contributed by atoms with Crippen molar-refractivity contribution in [1.82, 2.24) is 15.0 Å². The lowest BCUT2D eigenvalue weighted by Crippen LogP contribution is -2.03. The number of aromatic nitrogens is 3. The summed E-state index contributed by atoms with van der Waals surface area (Å²) in [5, 5.41) is 9.15. The van der Waals surface area contributed by atoms with E-state index in [4.69, 9.17) is 5.11 Å². The van der Waals surface area contributed by atoms with Gasteiger partial charge in [0.2, 0.25) is 0 Å². The molecular formula is C17H13N3O2. The molecule has 108 valence electrons. The van der Waals surface area contributed by atoms with Gasteiger partial charge in [-0.1, -0.05) is 6.07 Å². The average molecular weight is 291 g/mol. The fourth-order valence-electron chi connectivity index (χ4n) is 2.26. The van der Waals surface area contributed by atoms with E-state index >= 15 is 0 Å². The van der Waals surface area contributed by atoms with Gasteiger partial charge < -0.3 is 5.11 Å². The Bertz CT molecular complexity index is 790. The molecule has 3 aromatic rings. The fourth-order valence-corrected chi connectivity index (χ4v) is 2.26. The van der Waals surface area contributed by atoms with Crippen molar-refractivity contribution < 1.29 is 9.90 Å². The molecule has 5 nitrogen and oxygen atoms in total. The first-order valence-corrected chi connectivity index (χ1v) is 6.75. The molecule has 3 aromatic heterocycles. The number of rotatable bonds is 4. The van der Waals surface area contributed by atoms with Gasteiger partial charge in [-0.3, -0.25) is 19.7 Å². The van der Waals surface area contributed by atoms with E-state index in [1.807, 2.05) is 24.3 Å². The highest BCUT2D eigenvalue weighted by Gasteiger charge is 2.12. The van der Waals surface area contributed by atoms with Crippen molar-refractivity contribution >= 4 is 5.97 Å². The van der Waals surface area contributed by atoms with E-state index in [0.717, 1.165) is 16.7 Å². The van der Waals surface area contributed by atoms with Gasteiger partial charge >= 0.3 is 5.97 Å². The van der Waals surface area contributed by atoms with Crippen LogP contribution >= 0.6 is 0 Å². The van der Waals surface area contributed by atoms with Gasteiger partial charge in [-0.15, -0.1) is 0 Å². The highest BCUT2D eigenvalue weighted by molar-refractivity contribution is 5.77. The Morgan fingerprint density at radius 1 is 1.00 bits per heavy atom. The number of nitrogens with zero attached hydrogens (tertiary/aromatic N) is 3. The van der Waals surface area contributed by atoms with Crippen molar-refractivity contribution in [2.75, 3.05) is 0 Å². The number of pyridine rings is 3.